The van der Waals surface area contributed by atoms with Gasteiger partial charge in [-0.25, -0.2) is 23.2 Å². The normalized spacial score (nSPS) is 11.9. The number of hydrogen-bond donors (Lipinski definition) is 1. The van der Waals surface area contributed by atoms with Crippen molar-refractivity contribution in [2.45, 2.75) is 11.9 Å². The number of anilines is 1. The summed E-state index contributed by atoms with van der Waals surface area (Å²) in [5.41, 5.74) is -2.57. The number of aromatic nitrogens is 2. The molecule has 1 heterocycles. The molecule has 0 unspecified atom stereocenters. The minimum atomic E-state index is -4.93. The molecule has 1 aromatic heterocycles. The first-order valence-corrected chi connectivity index (χ1v) is 9.31. The maximum absolute atomic E-state index is 13.3. The summed E-state index contributed by atoms with van der Waals surface area (Å²) in [6.07, 6.45) is -2.74. The summed E-state index contributed by atoms with van der Waals surface area (Å²) in [6.45, 7) is 0. The summed E-state index contributed by atoms with van der Waals surface area (Å²) in [5, 5.41) is -1.14. The summed E-state index contributed by atoms with van der Waals surface area (Å²) >= 11 is 11.4. The molecule has 0 aliphatic carbocycles. The second kappa shape index (κ2) is 7.87. The third-order valence-corrected chi connectivity index (χ3v) is 4.99. The van der Waals surface area contributed by atoms with Gasteiger partial charge in [0.25, 0.3) is 0 Å². The molecule has 146 valence electrons. The molecule has 2 aromatic rings. The van der Waals surface area contributed by atoms with Gasteiger partial charge in [0.05, 0.1) is 23.4 Å². The van der Waals surface area contributed by atoms with Crippen LogP contribution in [0.15, 0.2) is 24.5 Å². The van der Waals surface area contributed by atoms with E-state index in [0.29, 0.717) is 0 Å². The number of carbonyl (C=O) groups is 1. The Morgan fingerprint density at radius 2 is 1.78 bits per heavy atom. The van der Waals surface area contributed by atoms with E-state index in [0.717, 1.165) is 31.6 Å². The maximum atomic E-state index is 13.3. The van der Waals surface area contributed by atoms with E-state index in [1.807, 2.05) is 4.72 Å². The average Bonchev–Trinajstić information content (AvgIpc) is 2.56. The van der Waals surface area contributed by atoms with Crippen LogP contribution in [0.1, 0.15) is 21.6 Å². The van der Waals surface area contributed by atoms with Crippen LogP contribution in [-0.4, -0.2) is 31.5 Å². The van der Waals surface area contributed by atoms with Gasteiger partial charge >= 0.3 is 12.1 Å². The van der Waals surface area contributed by atoms with Gasteiger partial charge in [-0.1, -0.05) is 23.2 Å². The Bertz CT molecular complexity index is 984. The van der Waals surface area contributed by atoms with E-state index in [9.17, 15) is 26.4 Å². The van der Waals surface area contributed by atoms with E-state index in [1.165, 1.54) is 0 Å². The first kappa shape index (κ1) is 21.2. The monoisotopic (exact) mass is 443 g/mol. The number of ether oxygens (including phenoxy) is 1. The highest BCUT2D eigenvalue weighted by Gasteiger charge is 2.38. The van der Waals surface area contributed by atoms with Gasteiger partial charge in [-0.05, 0) is 12.1 Å². The van der Waals surface area contributed by atoms with Gasteiger partial charge in [0.15, 0.2) is 11.5 Å². The Balaban J connectivity index is 2.45. The molecule has 2 rings (SSSR count). The average molecular weight is 444 g/mol. The zero-order chi connectivity index (χ0) is 20.4. The van der Waals surface area contributed by atoms with Crippen molar-refractivity contribution in [2.75, 3.05) is 11.8 Å². The van der Waals surface area contributed by atoms with Crippen molar-refractivity contribution in [3.05, 3.63) is 51.4 Å². The van der Waals surface area contributed by atoms with Gasteiger partial charge in [-0.3, -0.25) is 4.72 Å². The first-order chi connectivity index (χ1) is 12.5. The molecule has 0 aliphatic heterocycles. The van der Waals surface area contributed by atoms with Crippen LogP contribution in [0.25, 0.3) is 0 Å². The summed E-state index contributed by atoms with van der Waals surface area (Å²) in [6, 6.07) is 1.96. The number of esters is 1. The molecule has 27 heavy (non-hydrogen) atoms. The molecule has 0 aliphatic rings. The van der Waals surface area contributed by atoms with E-state index < -0.39 is 60.6 Å². The van der Waals surface area contributed by atoms with Crippen molar-refractivity contribution in [2.24, 2.45) is 0 Å². The van der Waals surface area contributed by atoms with Gasteiger partial charge in [-0.2, -0.15) is 13.2 Å². The number of hydrogen-bond acceptors (Lipinski definition) is 6. The number of sulfonamides is 1. The predicted octanol–water partition coefficient (Wildman–Crippen LogP) is 3.53. The van der Waals surface area contributed by atoms with Crippen molar-refractivity contribution < 1.29 is 31.1 Å². The molecule has 7 nitrogen and oxygen atoms in total. The highest BCUT2D eigenvalue weighted by molar-refractivity contribution is 7.91. The lowest BCUT2D eigenvalue weighted by atomic mass is 10.1. The van der Waals surface area contributed by atoms with E-state index in [4.69, 9.17) is 23.2 Å². The van der Waals surface area contributed by atoms with Crippen molar-refractivity contribution in [3.8, 4) is 0 Å². The van der Waals surface area contributed by atoms with Crippen LogP contribution in [0.2, 0.25) is 10.0 Å². The summed E-state index contributed by atoms with van der Waals surface area (Å²) in [4.78, 5) is 18.9. The molecular formula is C14H10Cl2F3N3O4S. The molecule has 1 N–H and O–H groups in total. The topological polar surface area (TPSA) is 98.2 Å². The van der Waals surface area contributed by atoms with E-state index in [-0.39, 0.29) is 0 Å². The zero-order valence-corrected chi connectivity index (χ0v) is 15.7. The molecule has 0 atom stereocenters. The van der Waals surface area contributed by atoms with Crippen LogP contribution < -0.4 is 4.72 Å². The van der Waals surface area contributed by atoms with E-state index in [1.54, 1.807) is 0 Å². The fraction of sp³-hybridized carbons (Fsp3) is 0.214. The quantitative estimate of drug-likeness (QED) is 0.709. The van der Waals surface area contributed by atoms with Crippen LogP contribution in [0.4, 0.5) is 19.0 Å². The molecule has 0 saturated carbocycles. The van der Waals surface area contributed by atoms with Crippen molar-refractivity contribution in [3.63, 3.8) is 0 Å². The molecular weight excluding hydrogens is 434 g/mol. The number of carbonyl (C=O) groups excluding carboxylic acids is 1. The van der Waals surface area contributed by atoms with Crippen LogP contribution >= 0.6 is 23.2 Å². The summed E-state index contributed by atoms with van der Waals surface area (Å²) in [7, 11) is -3.44. The lowest BCUT2D eigenvalue weighted by Crippen LogP contribution is -2.21. The maximum Gasteiger partial charge on any atom is 0.418 e. The van der Waals surface area contributed by atoms with Crippen LogP contribution in [0, 0.1) is 0 Å². The minimum absolute atomic E-state index is 0.440. The Kier molecular flexibility index (Phi) is 6.17. The first-order valence-electron chi connectivity index (χ1n) is 6.90. The van der Waals surface area contributed by atoms with Crippen molar-refractivity contribution in [1.82, 2.24) is 9.97 Å². The SMILES string of the molecule is COC(=O)c1nccnc1NS(=O)(=O)Cc1c(Cl)ccc(Cl)c1C(F)(F)F. The van der Waals surface area contributed by atoms with Crippen LogP contribution in [0.3, 0.4) is 0 Å². The smallest absolute Gasteiger partial charge is 0.418 e. The van der Waals surface area contributed by atoms with Gasteiger partial charge in [0.1, 0.15) is 0 Å². The molecule has 0 radical (unpaired) electrons. The molecule has 1 aromatic carbocycles. The third kappa shape index (κ3) is 4.99. The lowest BCUT2D eigenvalue weighted by molar-refractivity contribution is -0.138. The lowest BCUT2D eigenvalue weighted by Gasteiger charge is -2.17. The predicted molar refractivity (Wildman–Crippen MR) is 91.1 cm³/mol. The number of methoxy groups -OCH3 is 1. The fourth-order valence-corrected chi connectivity index (χ4v) is 3.86. The molecule has 0 amide bonds. The Morgan fingerprint density at radius 1 is 1.19 bits per heavy atom. The Morgan fingerprint density at radius 3 is 2.37 bits per heavy atom. The molecule has 13 heteroatoms. The Hall–Kier alpha value is -2.11. The number of halogens is 5. The highest BCUT2D eigenvalue weighted by Crippen LogP contribution is 2.40. The van der Waals surface area contributed by atoms with E-state index in [2.05, 4.69) is 14.7 Å². The summed E-state index contributed by atoms with van der Waals surface area (Å²) < 4.78 is 70.9. The third-order valence-electron chi connectivity index (χ3n) is 3.15. The number of nitrogens with one attached hydrogen (secondary N) is 1. The second-order valence-electron chi connectivity index (χ2n) is 4.99. The fourth-order valence-electron chi connectivity index (χ4n) is 2.07. The van der Waals surface area contributed by atoms with Crippen molar-refractivity contribution >= 4 is 45.0 Å². The largest absolute Gasteiger partial charge is 0.464 e. The molecule has 0 spiro atoms. The van der Waals surface area contributed by atoms with Gasteiger partial charge in [0.2, 0.25) is 10.0 Å². The molecule has 0 bridgehead atoms. The van der Waals surface area contributed by atoms with Gasteiger partial charge < -0.3 is 4.74 Å². The second-order valence-corrected chi connectivity index (χ2v) is 7.52. The van der Waals surface area contributed by atoms with Crippen molar-refractivity contribution in [1.29, 1.82) is 0 Å². The van der Waals surface area contributed by atoms with Gasteiger partial charge in [-0.15, -0.1) is 0 Å². The summed E-state index contributed by atoms with van der Waals surface area (Å²) in [5.74, 6) is -2.66. The number of rotatable bonds is 5. The van der Waals surface area contributed by atoms with Gasteiger partial charge in [0, 0.05) is 23.0 Å². The van der Waals surface area contributed by atoms with Crippen LogP contribution in [0.5, 0.6) is 0 Å². The molecule has 0 saturated heterocycles. The van der Waals surface area contributed by atoms with E-state index >= 15 is 0 Å². The number of nitrogens with zero attached hydrogens (tertiary/aromatic N) is 2. The molecule has 0 fully saturated rings. The number of benzene rings is 1. The van der Waals surface area contributed by atoms with Crippen LogP contribution in [-0.2, 0) is 26.7 Å². The number of alkyl halides is 3. The standard InChI is InChI=1S/C14H10Cl2F3N3O4S/c1-26-13(23)11-12(21-5-4-20-11)22-27(24,25)6-7-8(15)2-3-9(16)10(7)14(17,18)19/h2-5H,6H2,1H3,(H,21,22). The zero-order valence-electron chi connectivity index (χ0n) is 13.3. The highest BCUT2D eigenvalue weighted by atomic mass is 35.5. The Labute approximate surface area is 161 Å². The minimum Gasteiger partial charge on any atom is -0.464 e.